The van der Waals surface area contributed by atoms with Gasteiger partial charge in [-0.15, -0.1) is 0 Å². The van der Waals surface area contributed by atoms with Gasteiger partial charge < -0.3 is 14.2 Å². The summed E-state index contributed by atoms with van der Waals surface area (Å²) in [5, 5.41) is 0.239. The lowest BCUT2D eigenvalue weighted by Crippen LogP contribution is -2.27. The van der Waals surface area contributed by atoms with Crippen molar-refractivity contribution in [2.45, 2.75) is 6.54 Å². The molecular formula is C26H22ClNO5S. The van der Waals surface area contributed by atoms with E-state index in [-0.39, 0.29) is 17.7 Å². The molecule has 1 aliphatic rings. The smallest absolute Gasteiger partial charge is 0.293 e. The highest BCUT2D eigenvalue weighted by atomic mass is 35.5. The Hall–Kier alpha value is -3.42. The first-order valence-corrected chi connectivity index (χ1v) is 11.7. The molecule has 0 atom stereocenters. The van der Waals surface area contributed by atoms with Crippen LogP contribution in [-0.4, -0.2) is 36.4 Å². The molecule has 1 heterocycles. The van der Waals surface area contributed by atoms with Crippen LogP contribution in [0.25, 0.3) is 6.08 Å². The number of carbonyl (C=O) groups is 2. The van der Waals surface area contributed by atoms with Crippen molar-refractivity contribution < 1.29 is 23.8 Å². The molecule has 1 aliphatic heterocycles. The highest BCUT2D eigenvalue weighted by Gasteiger charge is 2.35. The van der Waals surface area contributed by atoms with Gasteiger partial charge in [0.1, 0.15) is 19.0 Å². The number of hydrogen-bond donors (Lipinski definition) is 0. The third-order valence-corrected chi connectivity index (χ3v) is 6.08. The van der Waals surface area contributed by atoms with Crippen LogP contribution in [0.4, 0.5) is 4.79 Å². The average Bonchev–Trinajstić information content (AvgIpc) is 3.10. The summed E-state index contributed by atoms with van der Waals surface area (Å²) in [4.78, 5) is 26.8. The first-order valence-electron chi connectivity index (χ1n) is 10.5. The Morgan fingerprint density at radius 3 is 2.47 bits per heavy atom. The van der Waals surface area contributed by atoms with Crippen molar-refractivity contribution in [3.63, 3.8) is 0 Å². The van der Waals surface area contributed by atoms with Crippen molar-refractivity contribution in [3.05, 3.63) is 93.9 Å². The number of ether oxygens (including phenoxy) is 3. The number of carbonyl (C=O) groups excluding carboxylic acids is 2. The van der Waals surface area contributed by atoms with E-state index in [2.05, 4.69) is 0 Å². The van der Waals surface area contributed by atoms with Crippen molar-refractivity contribution in [1.82, 2.24) is 4.90 Å². The first kappa shape index (κ1) is 23.7. The lowest BCUT2D eigenvalue weighted by molar-refractivity contribution is -0.123. The topological polar surface area (TPSA) is 65.1 Å². The number of nitrogens with zero attached hydrogens (tertiary/aromatic N) is 1. The van der Waals surface area contributed by atoms with E-state index in [0.29, 0.717) is 34.6 Å². The van der Waals surface area contributed by atoms with Gasteiger partial charge >= 0.3 is 0 Å². The van der Waals surface area contributed by atoms with Gasteiger partial charge in [-0.25, -0.2) is 0 Å². The zero-order valence-corrected chi connectivity index (χ0v) is 20.0. The van der Waals surface area contributed by atoms with Gasteiger partial charge in [0.2, 0.25) is 0 Å². The summed E-state index contributed by atoms with van der Waals surface area (Å²) >= 11 is 6.92. The molecule has 2 amide bonds. The minimum absolute atomic E-state index is 0.170. The van der Waals surface area contributed by atoms with Crippen LogP contribution in [0.15, 0.2) is 77.7 Å². The van der Waals surface area contributed by atoms with E-state index >= 15 is 0 Å². The molecule has 8 heteroatoms. The maximum Gasteiger partial charge on any atom is 0.293 e. The van der Waals surface area contributed by atoms with Crippen LogP contribution in [0.5, 0.6) is 17.2 Å². The van der Waals surface area contributed by atoms with Crippen LogP contribution in [0.3, 0.4) is 0 Å². The predicted molar refractivity (Wildman–Crippen MR) is 133 cm³/mol. The number of imide groups is 1. The summed E-state index contributed by atoms with van der Waals surface area (Å²) in [7, 11) is 1.55. The molecule has 3 aromatic carbocycles. The monoisotopic (exact) mass is 495 g/mol. The lowest BCUT2D eigenvalue weighted by atomic mass is 10.1. The number of methoxy groups -OCH3 is 1. The lowest BCUT2D eigenvalue weighted by Gasteiger charge is -2.13. The molecule has 1 saturated heterocycles. The number of benzene rings is 3. The average molecular weight is 496 g/mol. The highest BCUT2D eigenvalue weighted by Crippen LogP contribution is 2.35. The quantitative estimate of drug-likeness (QED) is 0.266. The van der Waals surface area contributed by atoms with Crippen LogP contribution in [0.1, 0.15) is 11.1 Å². The molecule has 0 saturated carbocycles. The zero-order chi connectivity index (χ0) is 23.9. The summed E-state index contributed by atoms with van der Waals surface area (Å²) in [6.07, 6.45) is 1.67. The fraction of sp³-hybridized carbons (Fsp3) is 0.154. The predicted octanol–water partition coefficient (Wildman–Crippen LogP) is 6.04. The number of halogens is 1. The fourth-order valence-corrected chi connectivity index (χ4v) is 4.38. The maximum absolute atomic E-state index is 12.8. The minimum atomic E-state index is -0.340. The second-order valence-electron chi connectivity index (χ2n) is 7.32. The normalized spacial score (nSPS) is 14.5. The Morgan fingerprint density at radius 1 is 0.912 bits per heavy atom. The molecule has 0 aliphatic carbocycles. The van der Waals surface area contributed by atoms with Crippen LogP contribution in [-0.2, 0) is 11.3 Å². The van der Waals surface area contributed by atoms with Crippen LogP contribution in [0.2, 0.25) is 5.02 Å². The van der Waals surface area contributed by atoms with E-state index in [9.17, 15) is 9.59 Å². The molecule has 0 bridgehead atoms. The molecule has 3 aromatic rings. The fourth-order valence-electron chi connectivity index (χ4n) is 3.33. The number of thioether (sulfide) groups is 1. The van der Waals surface area contributed by atoms with Crippen molar-refractivity contribution in [3.8, 4) is 17.2 Å². The molecule has 0 unspecified atom stereocenters. The summed E-state index contributed by atoms with van der Waals surface area (Å²) in [5.41, 5.74) is 1.51. The standard InChI is InChI=1S/C26H22ClNO5S/c1-31-23-15-18(10-11-22(23)33-13-12-32-21-8-3-2-4-9-21)16-24-25(29)28(26(30)34-24)17-19-6-5-7-20(27)14-19/h2-11,14-16H,12-13,17H2,1H3/b24-16-. The summed E-state index contributed by atoms with van der Waals surface area (Å²) in [6, 6.07) is 21.9. The van der Waals surface area contributed by atoms with Crippen LogP contribution < -0.4 is 14.2 Å². The number of para-hydroxylation sites is 1. The molecule has 174 valence electrons. The summed E-state index contributed by atoms with van der Waals surface area (Å²) in [6.45, 7) is 0.894. The van der Waals surface area contributed by atoms with Gasteiger partial charge in [-0.3, -0.25) is 14.5 Å². The molecule has 0 radical (unpaired) electrons. The van der Waals surface area contributed by atoms with Gasteiger partial charge in [0.25, 0.3) is 11.1 Å². The largest absolute Gasteiger partial charge is 0.493 e. The number of hydrogen-bond acceptors (Lipinski definition) is 6. The molecular weight excluding hydrogens is 474 g/mol. The molecule has 0 aromatic heterocycles. The van der Waals surface area contributed by atoms with Crippen molar-refractivity contribution >= 4 is 40.6 Å². The second-order valence-corrected chi connectivity index (χ2v) is 8.75. The third-order valence-electron chi connectivity index (χ3n) is 4.94. The summed E-state index contributed by atoms with van der Waals surface area (Å²) < 4.78 is 16.9. The Bertz CT molecular complexity index is 1210. The van der Waals surface area contributed by atoms with E-state index in [0.717, 1.165) is 28.6 Å². The molecule has 6 nitrogen and oxygen atoms in total. The summed E-state index contributed by atoms with van der Waals surface area (Å²) in [5.74, 6) is 1.52. The maximum atomic E-state index is 12.8. The molecule has 0 spiro atoms. The van der Waals surface area contributed by atoms with Crippen molar-refractivity contribution in [1.29, 1.82) is 0 Å². The minimum Gasteiger partial charge on any atom is -0.493 e. The van der Waals surface area contributed by atoms with E-state index in [1.165, 1.54) is 4.90 Å². The highest BCUT2D eigenvalue weighted by molar-refractivity contribution is 8.18. The number of amides is 2. The van der Waals surface area contributed by atoms with Gasteiger partial charge in [-0.1, -0.05) is 48.0 Å². The van der Waals surface area contributed by atoms with Crippen LogP contribution >= 0.6 is 23.4 Å². The van der Waals surface area contributed by atoms with Gasteiger partial charge in [0.15, 0.2) is 11.5 Å². The number of rotatable bonds is 9. The molecule has 34 heavy (non-hydrogen) atoms. The van der Waals surface area contributed by atoms with Gasteiger partial charge in [0.05, 0.1) is 18.6 Å². The zero-order valence-electron chi connectivity index (χ0n) is 18.4. The SMILES string of the molecule is COc1cc(/C=C2\SC(=O)N(Cc3cccc(Cl)c3)C2=O)ccc1OCCOc1ccccc1. The van der Waals surface area contributed by atoms with Gasteiger partial charge in [0, 0.05) is 5.02 Å². The van der Waals surface area contributed by atoms with Gasteiger partial charge in [-0.2, -0.15) is 0 Å². The van der Waals surface area contributed by atoms with Crippen LogP contribution in [0, 0.1) is 0 Å². The Kier molecular flexibility index (Phi) is 7.77. The van der Waals surface area contributed by atoms with E-state index in [4.69, 9.17) is 25.8 Å². The Labute approximate surface area is 207 Å². The Morgan fingerprint density at radius 2 is 1.71 bits per heavy atom. The second kappa shape index (κ2) is 11.1. The molecule has 0 N–H and O–H groups in total. The Balaban J connectivity index is 1.40. The van der Waals surface area contributed by atoms with E-state index in [1.807, 2.05) is 36.4 Å². The molecule has 4 rings (SSSR count). The first-order chi connectivity index (χ1) is 16.5. The van der Waals surface area contributed by atoms with Crippen molar-refractivity contribution in [2.75, 3.05) is 20.3 Å². The van der Waals surface area contributed by atoms with E-state index < -0.39 is 0 Å². The molecule has 1 fully saturated rings. The van der Waals surface area contributed by atoms with Gasteiger partial charge in [-0.05, 0) is 65.4 Å². The van der Waals surface area contributed by atoms with Crippen molar-refractivity contribution in [2.24, 2.45) is 0 Å². The van der Waals surface area contributed by atoms with E-state index in [1.54, 1.807) is 49.6 Å². The third kappa shape index (κ3) is 5.92.